The predicted octanol–water partition coefficient (Wildman–Crippen LogP) is 1.54. The van der Waals surface area contributed by atoms with Crippen molar-refractivity contribution >= 4 is 11.9 Å². The fourth-order valence-corrected chi connectivity index (χ4v) is 1.52. The van der Waals surface area contributed by atoms with Crippen LogP contribution in [0.2, 0.25) is 0 Å². The Bertz CT molecular complexity index is 555. The van der Waals surface area contributed by atoms with Gasteiger partial charge in [0.15, 0.2) is 11.6 Å². The number of carbonyl (C=O) groups is 2. The van der Waals surface area contributed by atoms with Gasteiger partial charge in [0.05, 0.1) is 18.7 Å². The van der Waals surface area contributed by atoms with Crippen molar-refractivity contribution in [1.82, 2.24) is 5.32 Å². The highest BCUT2D eigenvalue weighted by Crippen LogP contribution is 2.12. The molecule has 0 heterocycles. The molecule has 1 atom stereocenters. The van der Waals surface area contributed by atoms with E-state index in [0.717, 1.165) is 19.2 Å². The summed E-state index contributed by atoms with van der Waals surface area (Å²) >= 11 is 0. The molecule has 0 aromatic heterocycles. The maximum absolute atomic E-state index is 13.4. The van der Waals surface area contributed by atoms with Gasteiger partial charge in [0.1, 0.15) is 6.04 Å². The van der Waals surface area contributed by atoms with Crippen LogP contribution in [0.15, 0.2) is 18.2 Å². The smallest absolute Gasteiger partial charge is 0.328 e. The number of esters is 1. The van der Waals surface area contributed by atoms with Crippen LogP contribution in [0.25, 0.3) is 0 Å². The summed E-state index contributed by atoms with van der Waals surface area (Å²) in [6, 6.07) is 3.87. The van der Waals surface area contributed by atoms with E-state index in [1.54, 1.807) is 0 Å². The number of hydrogen-bond donors (Lipinski definition) is 1. The maximum atomic E-state index is 13.4. The normalized spacial score (nSPS) is 11.3. The monoisotopic (exact) mass is 282 g/mol. The highest BCUT2D eigenvalue weighted by molar-refractivity contribution is 5.97. The van der Waals surface area contributed by atoms with Crippen LogP contribution in [-0.4, -0.2) is 25.0 Å². The summed E-state index contributed by atoms with van der Waals surface area (Å²) in [5.41, 5.74) is -0.518. The second kappa shape index (κ2) is 7.19. The Morgan fingerprint density at radius 1 is 1.45 bits per heavy atom. The first-order valence-electron chi connectivity index (χ1n) is 5.71. The molecule has 1 rings (SSSR count). The number of nitrogens with one attached hydrogen (secondary N) is 1. The third-order valence-corrected chi connectivity index (χ3v) is 2.53. The quantitative estimate of drug-likeness (QED) is 0.831. The van der Waals surface area contributed by atoms with Crippen molar-refractivity contribution in [2.45, 2.75) is 18.9 Å². The fraction of sp³-hybridized carbons (Fsp3) is 0.308. The maximum Gasteiger partial charge on any atom is 0.328 e. The van der Waals surface area contributed by atoms with Crippen LogP contribution in [0.1, 0.15) is 23.2 Å². The van der Waals surface area contributed by atoms with Crippen LogP contribution in [0.4, 0.5) is 8.78 Å². The van der Waals surface area contributed by atoms with E-state index >= 15 is 0 Å². The Morgan fingerprint density at radius 3 is 2.75 bits per heavy atom. The molecule has 0 aliphatic rings. The number of hydrogen-bond acceptors (Lipinski definition) is 4. The Morgan fingerprint density at radius 2 is 2.15 bits per heavy atom. The summed E-state index contributed by atoms with van der Waals surface area (Å²) in [6.07, 6.45) is 0.0253. The number of benzene rings is 1. The van der Waals surface area contributed by atoms with Crippen LogP contribution in [0.3, 0.4) is 0 Å². The second-order valence-electron chi connectivity index (χ2n) is 3.85. The first-order valence-corrected chi connectivity index (χ1v) is 5.71. The SMILES string of the molecule is COC(=O)[C@H](CCC#N)NC(=O)c1cccc(F)c1F. The highest BCUT2D eigenvalue weighted by Gasteiger charge is 2.23. The van der Waals surface area contributed by atoms with Crippen molar-refractivity contribution in [2.75, 3.05) is 7.11 Å². The van der Waals surface area contributed by atoms with Gasteiger partial charge in [-0.3, -0.25) is 4.79 Å². The summed E-state index contributed by atoms with van der Waals surface area (Å²) in [7, 11) is 1.12. The van der Waals surface area contributed by atoms with Gasteiger partial charge in [0, 0.05) is 6.42 Å². The molecule has 1 aromatic carbocycles. The van der Waals surface area contributed by atoms with Gasteiger partial charge in [-0.2, -0.15) is 5.26 Å². The zero-order valence-corrected chi connectivity index (χ0v) is 10.7. The topological polar surface area (TPSA) is 79.2 Å². The van der Waals surface area contributed by atoms with Crippen molar-refractivity contribution < 1.29 is 23.1 Å². The number of nitriles is 1. The average Bonchev–Trinajstić information content (AvgIpc) is 2.45. The highest BCUT2D eigenvalue weighted by atomic mass is 19.2. The summed E-state index contributed by atoms with van der Waals surface area (Å²) in [6.45, 7) is 0. The summed E-state index contributed by atoms with van der Waals surface area (Å²) in [5, 5.41) is 10.7. The molecule has 1 N–H and O–H groups in total. The molecular formula is C13H12F2N2O3. The molecule has 1 aromatic rings. The van der Waals surface area contributed by atoms with Crippen molar-refractivity contribution in [1.29, 1.82) is 5.26 Å². The molecule has 0 radical (unpaired) electrons. The molecule has 0 saturated carbocycles. The van der Waals surface area contributed by atoms with Crippen LogP contribution < -0.4 is 5.32 Å². The third-order valence-electron chi connectivity index (χ3n) is 2.53. The van der Waals surface area contributed by atoms with E-state index in [1.807, 2.05) is 6.07 Å². The molecule has 7 heteroatoms. The number of halogens is 2. The number of methoxy groups -OCH3 is 1. The van der Waals surface area contributed by atoms with Gasteiger partial charge in [-0.05, 0) is 18.6 Å². The van der Waals surface area contributed by atoms with E-state index in [0.29, 0.717) is 0 Å². The molecule has 0 spiro atoms. The van der Waals surface area contributed by atoms with Crippen LogP contribution in [-0.2, 0) is 9.53 Å². The van der Waals surface area contributed by atoms with Gasteiger partial charge in [-0.15, -0.1) is 0 Å². The number of ether oxygens (including phenoxy) is 1. The van der Waals surface area contributed by atoms with E-state index in [9.17, 15) is 18.4 Å². The number of rotatable bonds is 5. The number of amides is 1. The van der Waals surface area contributed by atoms with Crippen molar-refractivity contribution in [3.05, 3.63) is 35.4 Å². The molecule has 1 amide bonds. The molecule has 20 heavy (non-hydrogen) atoms. The molecule has 106 valence electrons. The van der Waals surface area contributed by atoms with Crippen molar-refractivity contribution in [3.8, 4) is 6.07 Å². The molecule has 0 aliphatic heterocycles. The van der Waals surface area contributed by atoms with Crippen LogP contribution >= 0.6 is 0 Å². The molecule has 5 nitrogen and oxygen atoms in total. The molecule has 0 saturated heterocycles. The summed E-state index contributed by atoms with van der Waals surface area (Å²) < 4.78 is 30.9. The van der Waals surface area contributed by atoms with Gasteiger partial charge in [0.25, 0.3) is 5.91 Å². The first kappa shape index (κ1) is 15.6. The molecule has 0 fully saturated rings. The van der Waals surface area contributed by atoms with E-state index in [-0.39, 0.29) is 12.8 Å². The van der Waals surface area contributed by atoms with Crippen molar-refractivity contribution in [2.24, 2.45) is 0 Å². The summed E-state index contributed by atoms with van der Waals surface area (Å²) in [4.78, 5) is 23.2. The lowest BCUT2D eigenvalue weighted by atomic mass is 10.1. The van der Waals surface area contributed by atoms with Gasteiger partial charge in [-0.1, -0.05) is 6.07 Å². The predicted molar refractivity (Wildman–Crippen MR) is 64.5 cm³/mol. The lowest BCUT2D eigenvalue weighted by Gasteiger charge is -2.15. The Balaban J connectivity index is 2.88. The molecule has 0 aliphatic carbocycles. The zero-order valence-electron chi connectivity index (χ0n) is 10.7. The van der Waals surface area contributed by atoms with Gasteiger partial charge < -0.3 is 10.1 Å². The van der Waals surface area contributed by atoms with E-state index in [4.69, 9.17) is 5.26 Å². The second-order valence-corrected chi connectivity index (χ2v) is 3.85. The number of carbonyl (C=O) groups excluding carboxylic acids is 2. The van der Waals surface area contributed by atoms with Crippen LogP contribution in [0.5, 0.6) is 0 Å². The zero-order chi connectivity index (χ0) is 15.1. The molecule has 0 bridgehead atoms. The van der Waals surface area contributed by atoms with Gasteiger partial charge >= 0.3 is 5.97 Å². The van der Waals surface area contributed by atoms with E-state index in [1.165, 1.54) is 6.07 Å². The Hall–Kier alpha value is -2.49. The minimum atomic E-state index is -1.30. The minimum absolute atomic E-state index is 0.00563. The van der Waals surface area contributed by atoms with Gasteiger partial charge in [0.2, 0.25) is 0 Å². The fourth-order valence-electron chi connectivity index (χ4n) is 1.52. The lowest BCUT2D eigenvalue weighted by molar-refractivity contribution is -0.143. The Kier molecular flexibility index (Phi) is 5.59. The van der Waals surface area contributed by atoms with E-state index in [2.05, 4.69) is 10.1 Å². The minimum Gasteiger partial charge on any atom is -0.467 e. The van der Waals surface area contributed by atoms with E-state index < -0.39 is 35.1 Å². The van der Waals surface area contributed by atoms with Crippen LogP contribution in [0, 0.1) is 23.0 Å². The van der Waals surface area contributed by atoms with Crippen molar-refractivity contribution in [3.63, 3.8) is 0 Å². The third kappa shape index (κ3) is 3.75. The summed E-state index contributed by atoms with van der Waals surface area (Å²) in [5.74, 6) is -4.17. The largest absolute Gasteiger partial charge is 0.467 e. The standard InChI is InChI=1S/C13H12F2N2O3/c1-20-13(19)10(6-3-7-16)17-12(18)8-4-2-5-9(14)11(8)15/h2,4-5,10H,3,6H2,1H3,(H,17,18)/t10-/m0/s1. The average molecular weight is 282 g/mol. The first-order chi connectivity index (χ1) is 9.51. The number of nitrogens with zero attached hydrogens (tertiary/aromatic N) is 1. The Labute approximate surface area is 114 Å². The molecule has 0 unspecified atom stereocenters. The van der Waals surface area contributed by atoms with Gasteiger partial charge in [-0.25, -0.2) is 13.6 Å². The lowest BCUT2D eigenvalue weighted by Crippen LogP contribution is -2.41. The molecular weight excluding hydrogens is 270 g/mol.